The third-order valence-corrected chi connectivity index (χ3v) is 6.65. The fraction of sp³-hybridized carbons (Fsp3) is 1.00. The fourth-order valence-electron chi connectivity index (χ4n) is 5.11. The average molecular weight is 463 g/mol. The molecule has 0 aliphatic heterocycles. The standard InChI is InChI=1S/C26H55N.BrH/c1-5-9-10-11-12-13-14-15-16-17-18-19-20-21-25(27)26(22-6-2,23-7-3)24-8-4;/h25H,5-24,27H2,1-4H3;1H. The van der Waals surface area contributed by atoms with Crippen LogP contribution >= 0.6 is 17.0 Å². The second kappa shape index (κ2) is 22.1. The SMILES string of the molecule is Br.CCCCCCCCCCCCCCCC(N)C(CCC)(CCC)CCC. The molecule has 28 heavy (non-hydrogen) atoms. The molecule has 0 saturated heterocycles. The quantitative estimate of drug-likeness (QED) is 0.169. The van der Waals surface area contributed by atoms with E-state index in [1.807, 2.05) is 0 Å². The summed E-state index contributed by atoms with van der Waals surface area (Å²) in [6, 6.07) is 0.421. The van der Waals surface area contributed by atoms with E-state index in [2.05, 4.69) is 27.7 Å². The molecule has 0 amide bonds. The Morgan fingerprint density at radius 3 is 1.14 bits per heavy atom. The zero-order valence-corrected chi connectivity index (χ0v) is 21.9. The Hall–Kier alpha value is 0.440. The molecule has 1 unspecified atom stereocenters. The molecule has 1 atom stereocenters. The lowest BCUT2D eigenvalue weighted by Crippen LogP contribution is -2.41. The minimum absolute atomic E-state index is 0. The Bertz CT molecular complexity index is 275. The topological polar surface area (TPSA) is 26.0 Å². The number of halogens is 1. The maximum absolute atomic E-state index is 6.75. The third kappa shape index (κ3) is 15.3. The first-order valence-electron chi connectivity index (χ1n) is 12.9. The van der Waals surface area contributed by atoms with Crippen molar-refractivity contribution in [1.29, 1.82) is 0 Å². The molecule has 0 fully saturated rings. The van der Waals surface area contributed by atoms with E-state index in [-0.39, 0.29) is 17.0 Å². The van der Waals surface area contributed by atoms with E-state index >= 15 is 0 Å². The summed E-state index contributed by atoms with van der Waals surface area (Å²) in [6.45, 7) is 9.29. The highest BCUT2D eigenvalue weighted by Gasteiger charge is 2.33. The van der Waals surface area contributed by atoms with Crippen molar-refractivity contribution >= 4 is 17.0 Å². The largest absolute Gasteiger partial charge is 0.327 e. The van der Waals surface area contributed by atoms with Crippen LogP contribution in [0.4, 0.5) is 0 Å². The number of unbranched alkanes of at least 4 members (excludes halogenated alkanes) is 12. The molecule has 0 spiro atoms. The van der Waals surface area contributed by atoms with Crippen LogP contribution in [0.2, 0.25) is 0 Å². The molecule has 0 aromatic heterocycles. The van der Waals surface area contributed by atoms with Gasteiger partial charge in [-0.3, -0.25) is 0 Å². The van der Waals surface area contributed by atoms with Crippen LogP contribution < -0.4 is 5.73 Å². The second-order valence-corrected chi connectivity index (χ2v) is 9.25. The normalized spacial score (nSPS) is 12.8. The van der Waals surface area contributed by atoms with E-state index < -0.39 is 0 Å². The molecule has 172 valence electrons. The minimum atomic E-state index is 0. The number of hydrogen-bond acceptors (Lipinski definition) is 1. The average Bonchev–Trinajstić information content (AvgIpc) is 2.65. The van der Waals surface area contributed by atoms with Gasteiger partial charge in [0.2, 0.25) is 0 Å². The molecule has 0 aliphatic carbocycles. The minimum Gasteiger partial charge on any atom is -0.327 e. The third-order valence-electron chi connectivity index (χ3n) is 6.65. The number of rotatable bonds is 21. The van der Waals surface area contributed by atoms with E-state index in [9.17, 15) is 0 Å². The van der Waals surface area contributed by atoms with E-state index in [0.717, 1.165) is 0 Å². The summed E-state index contributed by atoms with van der Waals surface area (Å²) in [4.78, 5) is 0. The van der Waals surface area contributed by atoms with E-state index in [1.54, 1.807) is 0 Å². The van der Waals surface area contributed by atoms with Gasteiger partial charge in [-0.15, -0.1) is 17.0 Å². The molecule has 1 nitrogen and oxygen atoms in total. The molecule has 0 aromatic carbocycles. The van der Waals surface area contributed by atoms with Crippen LogP contribution in [0.15, 0.2) is 0 Å². The Labute approximate surface area is 190 Å². The maximum atomic E-state index is 6.75. The monoisotopic (exact) mass is 461 g/mol. The predicted molar refractivity (Wildman–Crippen MR) is 136 cm³/mol. The molecular weight excluding hydrogens is 406 g/mol. The van der Waals surface area contributed by atoms with Gasteiger partial charge in [0, 0.05) is 6.04 Å². The summed E-state index contributed by atoms with van der Waals surface area (Å²) in [6.07, 6.45) is 27.7. The zero-order valence-electron chi connectivity index (χ0n) is 20.2. The van der Waals surface area contributed by atoms with Gasteiger partial charge >= 0.3 is 0 Å². The molecule has 0 radical (unpaired) electrons. The summed E-state index contributed by atoms with van der Waals surface area (Å²) in [7, 11) is 0. The van der Waals surface area contributed by atoms with Crippen molar-refractivity contribution in [3.05, 3.63) is 0 Å². The van der Waals surface area contributed by atoms with Crippen LogP contribution in [0.3, 0.4) is 0 Å². The van der Waals surface area contributed by atoms with Gasteiger partial charge in [0.1, 0.15) is 0 Å². The van der Waals surface area contributed by atoms with Gasteiger partial charge in [0.25, 0.3) is 0 Å². The number of nitrogens with two attached hydrogens (primary N) is 1. The summed E-state index contributed by atoms with van der Waals surface area (Å²) in [5.74, 6) is 0. The lowest BCUT2D eigenvalue weighted by molar-refractivity contribution is 0.152. The van der Waals surface area contributed by atoms with Gasteiger partial charge in [-0.2, -0.15) is 0 Å². The second-order valence-electron chi connectivity index (χ2n) is 9.25. The van der Waals surface area contributed by atoms with Crippen LogP contribution in [-0.4, -0.2) is 6.04 Å². The molecule has 0 aromatic rings. The van der Waals surface area contributed by atoms with Gasteiger partial charge in [-0.25, -0.2) is 0 Å². The Morgan fingerprint density at radius 1 is 0.500 bits per heavy atom. The van der Waals surface area contributed by atoms with Crippen molar-refractivity contribution in [2.75, 3.05) is 0 Å². The Kier molecular flexibility index (Phi) is 24.2. The highest BCUT2D eigenvalue weighted by Crippen LogP contribution is 2.39. The van der Waals surface area contributed by atoms with Crippen molar-refractivity contribution in [1.82, 2.24) is 0 Å². The highest BCUT2D eigenvalue weighted by atomic mass is 79.9. The maximum Gasteiger partial charge on any atom is 0.00955 e. The van der Waals surface area contributed by atoms with Gasteiger partial charge in [-0.1, -0.05) is 130 Å². The Balaban J connectivity index is 0. The fourth-order valence-corrected chi connectivity index (χ4v) is 5.11. The van der Waals surface area contributed by atoms with Crippen LogP contribution in [0.5, 0.6) is 0 Å². The van der Waals surface area contributed by atoms with Crippen molar-refractivity contribution in [3.8, 4) is 0 Å². The van der Waals surface area contributed by atoms with Crippen LogP contribution in [0.1, 0.15) is 156 Å². The van der Waals surface area contributed by atoms with Gasteiger partial charge < -0.3 is 5.73 Å². The summed E-state index contributed by atoms with van der Waals surface area (Å²) < 4.78 is 0. The molecular formula is C26H56BrN. The summed E-state index contributed by atoms with van der Waals surface area (Å²) in [5, 5.41) is 0. The molecule has 2 N–H and O–H groups in total. The zero-order chi connectivity index (χ0) is 20.2. The molecule has 0 bridgehead atoms. The van der Waals surface area contributed by atoms with E-state index in [4.69, 9.17) is 5.73 Å². The van der Waals surface area contributed by atoms with E-state index in [1.165, 1.54) is 128 Å². The van der Waals surface area contributed by atoms with Crippen molar-refractivity contribution in [3.63, 3.8) is 0 Å². The smallest absolute Gasteiger partial charge is 0.00955 e. The first-order valence-corrected chi connectivity index (χ1v) is 12.9. The Morgan fingerprint density at radius 2 is 0.821 bits per heavy atom. The highest BCUT2D eigenvalue weighted by molar-refractivity contribution is 8.93. The molecule has 0 saturated carbocycles. The lowest BCUT2D eigenvalue weighted by atomic mass is 9.69. The predicted octanol–water partition coefficient (Wildman–Crippen LogP) is 9.76. The first kappa shape index (κ1) is 30.6. The molecule has 0 rings (SSSR count). The number of hydrogen-bond donors (Lipinski definition) is 1. The van der Waals surface area contributed by atoms with Crippen LogP contribution in [0.25, 0.3) is 0 Å². The van der Waals surface area contributed by atoms with E-state index in [0.29, 0.717) is 11.5 Å². The summed E-state index contributed by atoms with van der Waals surface area (Å²) >= 11 is 0. The van der Waals surface area contributed by atoms with Crippen molar-refractivity contribution < 1.29 is 0 Å². The van der Waals surface area contributed by atoms with Crippen molar-refractivity contribution in [2.45, 2.75) is 162 Å². The van der Waals surface area contributed by atoms with Gasteiger partial charge in [0.05, 0.1) is 0 Å². The molecule has 0 aliphatic rings. The molecule has 2 heteroatoms. The summed E-state index contributed by atoms with van der Waals surface area (Å²) in [5.41, 5.74) is 7.18. The lowest BCUT2D eigenvalue weighted by Gasteiger charge is -2.39. The van der Waals surface area contributed by atoms with Gasteiger partial charge in [0.15, 0.2) is 0 Å². The van der Waals surface area contributed by atoms with Crippen LogP contribution in [0, 0.1) is 5.41 Å². The molecule has 0 heterocycles. The van der Waals surface area contributed by atoms with Gasteiger partial charge in [-0.05, 0) is 31.1 Å². The van der Waals surface area contributed by atoms with Crippen molar-refractivity contribution in [2.24, 2.45) is 11.1 Å². The van der Waals surface area contributed by atoms with Crippen LogP contribution in [-0.2, 0) is 0 Å². The first-order chi connectivity index (χ1) is 13.2.